The molecule has 0 spiro atoms. The molecule has 29 heavy (non-hydrogen) atoms. The highest BCUT2D eigenvalue weighted by atomic mass is 16.5. The number of hydrogen-bond acceptors (Lipinski definition) is 3. The van der Waals surface area contributed by atoms with Gasteiger partial charge in [0.2, 0.25) is 11.8 Å². The molecule has 2 aromatic rings. The minimum atomic E-state index is -0.0619. The first kappa shape index (κ1) is 20.9. The van der Waals surface area contributed by atoms with Gasteiger partial charge >= 0.3 is 0 Å². The standard InChI is InChI=1S/C24H30N2O3/c1-16(2)21-9-4-5-10-22(21)26-24(28)18-13-11-17(12-14-18)23(27)25-19-7-6-8-20(15-19)29-3/h4-10,15-18H,11-14H2,1-3H3,(H,25,27)(H,26,28). The first-order valence-corrected chi connectivity index (χ1v) is 10.3. The Balaban J connectivity index is 1.53. The number of carbonyl (C=O) groups excluding carboxylic acids is 2. The number of benzene rings is 2. The Hall–Kier alpha value is -2.82. The van der Waals surface area contributed by atoms with Crippen LogP contribution in [0.4, 0.5) is 11.4 Å². The minimum absolute atomic E-state index is 0.0160. The van der Waals surface area contributed by atoms with Gasteiger partial charge in [0.25, 0.3) is 0 Å². The molecule has 0 aromatic heterocycles. The van der Waals surface area contributed by atoms with E-state index in [1.165, 1.54) is 0 Å². The summed E-state index contributed by atoms with van der Waals surface area (Å²) in [6.07, 6.45) is 2.90. The molecule has 0 aliphatic heterocycles. The largest absolute Gasteiger partial charge is 0.497 e. The first-order valence-electron chi connectivity index (χ1n) is 10.3. The molecule has 3 rings (SSSR count). The van der Waals surface area contributed by atoms with E-state index in [2.05, 4.69) is 30.5 Å². The summed E-state index contributed by atoms with van der Waals surface area (Å²) >= 11 is 0. The summed E-state index contributed by atoms with van der Waals surface area (Å²) < 4.78 is 5.20. The van der Waals surface area contributed by atoms with Crippen LogP contribution in [0.2, 0.25) is 0 Å². The van der Waals surface area contributed by atoms with Crippen LogP contribution in [0.5, 0.6) is 5.75 Å². The highest BCUT2D eigenvalue weighted by Crippen LogP contribution is 2.32. The SMILES string of the molecule is COc1cccc(NC(=O)C2CCC(C(=O)Nc3ccccc3C(C)C)CC2)c1. The van der Waals surface area contributed by atoms with E-state index < -0.39 is 0 Å². The maximum absolute atomic E-state index is 12.8. The topological polar surface area (TPSA) is 67.4 Å². The smallest absolute Gasteiger partial charge is 0.227 e. The highest BCUT2D eigenvalue weighted by Gasteiger charge is 2.30. The summed E-state index contributed by atoms with van der Waals surface area (Å²) in [4.78, 5) is 25.4. The number of nitrogens with one attached hydrogen (secondary N) is 2. The van der Waals surface area contributed by atoms with E-state index >= 15 is 0 Å². The molecule has 5 nitrogen and oxygen atoms in total. The van der Waals surface area contributed by atoms with Crippen LogP contribution < -0.4 is 15.4 Å². The number of rotatable bonds is 6. The molecule has 154 valence electrons. The van der Waals surface area contributed by atoms with Gasteiger partial charge < -0.3 is 15.4 Å². The van der Waals surface area contributed by atoms with Gasteiger partial charge in [0.1, 0.15) is 5.75 Å². The molecule has 0 bridgehead atoms. The van der Waals surface area contributed by atoms with Gasteiger partial charge in [-0.3, -0.25) is 9.59 Å². The normalized spacial score (nSPS) is 18.9. The predicted octanol–water partition coefficient (Wildman–Crippen LogP) is 5.20. The van der Waals surface area contributed by atoms with E-state index in [0.29, 0.717) is 11.7 Å². The van der Waals surface area contributed by atoms with Crippen molar-refractivity contribution in [3.8, 4) is 5.75 Å². The monoisotopic (exact) mass is 394 g/mol. The van der Waals surface area contributed by atoms with Crippen LogP contribution in [0.3, 0.4) is 0 Å². The molecular weight excluding hydrogens is 364 g/mol. The molecule has 0 atom stereocenters. The number of anilines is 2. The van der Waals surface area contributed by atoms with Crippen LogP contribution in [-0.4, -0.2) is 18.9 Å². The Labute approximate surface area is 172 Å². The molecule has 0 radical (unpaired) electrons. The van der Waals surface area contributed by atoms with Gasteiger partial charge in [0.05, 0.1) is 7.11 Å². The second-order valence-corrected chi connectivity index (χ2v) is 8.00. The number of methoxy groups -OCH3 is 1. The van der Waals surface area contributed by atoms with Crippen molar-refractivity contribution >= 4 is 23.2 Å². The Morgan fingerprint density at radius 1 is 0.897 bits per heavy atom. The van der Waals surface area contributed by atoms with Gasteiger partial charge in [-0.2, -0.15) is 0 Å². The molecule has 1 aliphatic rings. The van der Waals surface area contributed by atoms with E-state index in [0.717, 1.165) is 42.6 Å². The summed E-state index contributed by atoms with van der Waals surface area (Å²) in [5, 5.41) is 6.08. The van der Waals surface area contributed by atoms with Gasteiger partial charge in [-0.15, -0.1) is 0 Å². The van der Waals surface area contributed by atoms with Gasteiger partial charge in [-0.1, -0.05) is 38.1 Å². The molecule has 2 aromatic carbocycles. The van der Waals surface area contributed by atoms with Crippen LogP contribution >= 0.6 is 0 Å². The fraction of sp³-hybridized carbons (Fsp3) is 0.417. The van der Waals surface area contributed by atoms with Crippen molar-refractivity contribution in [2.45, 2.75) is 45.4 Å². The highest BCUT2D eigenvalue weighted by molar-refractivity contribution is 5.95. The second kappa shape index (κ2) is 9.59. The maximum atomic E-state index is 12.8. The fourth-order valence-corrected chi connectivity index (χ4v) is 3.91. The Bertz CT molecular complexity index is 855. The molecule has 2 N–H and O–H groups in total. The van der Waals surface area contributed by atoms with E-state index in [9.17, 15) is 9.59 Å². The third kappa shape index (κ3) is 5.37. The van der Waals surface area contributed by atoms with Gasteiger partial charge in [0.15, 0.2) is 0 Å². The summed E-state index contributed by atoms with van der Waals surface area (Å²) in [6, 6.07) is 15.3. The van der Waals surface area contributed by atoms with Gasteiger partial charge in [-0.25, -0.2) is 0 Å². The summed E-state index contributed by atoms with van der Waals surface area (Å²) in [7, 11) is 1.60. The zero-order chi connectivity index (χ0) is 20.8. The predicted molar refractivity (Wildman–Crippen MR) is 116 cm³/mol. The molecule has 1 fully saturated rings. The maximum Gasteiger partial charge on any atom is 0.227 e. The van der Waals surface area contributed by atoms with Crippen molar-refractivity contribution < 1.29 is 14.3 Å². The molecule has 1 saturated carbocycles. The van der Waals surface area contributed by atoms with E-state index in [1.807, 2.05) is 42.5 Å². The average molecular weight is 395 g/mol. The average Bonchev–Trinajstić information content (AvgIpc) is 2.74. The molecule has 2 amide bonds. The first-order chi connectivity index (χ1) is 14.0. The Kier molecular flexibility index (Phi) is 6.91. The van der Waals surface area contributed by atoms with Crippen molar-refractivity contribution in [2.24, 2.45) is 11.8 Å². The molecule has 0 saturated heterocycles. The summed E-state index contributed by atoms with van der Waals surface area (Å²) in [5.41, 5.74) is 2.78. The molecule has 5 heteroatoms. The van der Waals surface area contributed by atoms with Gasteiger partial charge in [0, 0.05) is 29.3 Å². The molecule has 1 aliphatic carbocycles. The zero-order valence-corrected chi connectivity index (χ0v) is 17.4. The van der Waals surface area contributed by atoms with Crippen molar-refractivity contribution in [1.29, 1.82) is 0 Å². The van der Waals surface area contributed by atoms with Crippen LogP contribution in [0.1, 0.15) is 51.0 Å². The number of carbonyl (C=O) groups is 2. The van der Waals surface area contributed by atoms with E-state index in [-0.39, 0.29) is 23.7 Å². The van der Waals surface area contributed by atoms with E-state index in [1.54, 1.807) is 7.11 Å². The quantitative estimate of drug-likeness (QED) is 0.707. The third-order valence-corrected chi connectivity index (χ3v) is 5.65. The van der Waals surface area contributed by atoms with Crippen LogP contribution in [-0.2, 0) is 9.59 Å². The molecular formula is C24H30N2O3. The number of amides is 2. The van der Waals surface area contributed by atoms with E-state index in [4.69, 9.17) is 4.74 Å². The van der Waals surface area contributed by atoms with Crippen molar-refractivity contribution in [1.82, 2.24) is 0 Å². The second-order valence-electron chi connectivity index (χ2n) is 8.00. The van der Waals surface area contributed by atoms with Crippen molar-refractivity contribution in [3.05, 3.63) is 54.1 Å². The third-order valence-electron chi connectivity index (χ3n) is 5.65. The molecule has 0 heterocycles. The number of ether oxygens (including phenoxy) is 1. The van der Waals surface area contributed by atoms with Crippen molar-refractivity contribution in [2.75, 3.05) is 17.7 Å². The van der Waals surface area contributed by atoms with Crippen LogP contribution in [0, 0.1) is 11.8 Å². The lowest BCUT2D eigenvalue weighted by Crippen LogP contribution is -2.32. The lowest BCUT2D eigenvalue weighted by molar-refractivity contribution is -0.125. The van der Waals surface area contributed by atoms with Gasteiger partial charge in [-0.05, 0) is 55.4 Å². The fourth-order valence-electron chi connectivity index (χ4n) is 3.91. The Morgan fingerprint density at radius 3 is 2.14 bits per heavy atom. The summed E-state index contributed by atoms with van der Waals surface area (Å²) in [6.45, 7) is 4.24. The van der Waals surface area contributed by atoms with Crippen molar-refractivity contribution in [3.63, 3.8) is 0 Å². The Morgan fingerprint density at radius 2 is 1.52 bits per heavy atom. The zero-order valence-electron chi connectivity index (χ0n) is 17.4. The lowest BCUT2D eigenvalue weighted by Gasteiger charge is -2.27. The number of hydrogen-bond donors (Lipinski definition) is 2. The lowest BCUT2D eigenvalue weighted by atomic mass is 9.81. The molecule has 0 unspecified atom stereocenters. The number of para-hydroxylation sites is 1. The minimum Gasteiger partial charge on any atom is -0.497 e. The summed E-state index contributed by atoms with van der Waals surface area (Å²) in [5.74, 6) is 1.03. The van der Waals surface area contributed by atoms with Crippen LogP contribution in [0.15, 0.2) is 48.5 Å². The van der Waals surface area contributed by atoms with Crippen LogP contribution in [0.25, 0.3) is 0 Å².